The van der Waals surface area contributed by atoms with E-state index < -0.39 is 10.0 Å². The fourth-order valence-electron chi connectivity index (χ4n) is 0.906. The highest BCUT2D eigenvalue weighted by Gasteiger charge is 2.00. The fraction of sp³-hybridized carbons (Fsp3) is 0.125. The van der Waals surface area contributed by atoms with E-state index in [-0.39, 0.29) is 0 Å². The summed E-state index contributed by atoms with van der Waals surface area (Å²) in [4.78, 5) is 0. The second kappa shape index (κ2) is 3.57. The van der Waals surface area contributed by atoms with E-state index in [4.69, 9.17) is 5.41 Å². The number of sulfonamides is 1. The van der Waals surface area contributed by atoms with Crippen LogP contribution < -0.4 is 4.72 Å². The first-order valence-electron chi connectivity index (χ1n) is 3.59. The summed E-state index contributed by atoms with van der Waals surface area (Å²) in [6.45, 7) is 0. The lowest BCUT2D eigenvalue weighted by Gasteiger charge is -2.03. The third kappa shape index (κ3) is 3.25. The molecular weight excluding hydrogens is 188 g/mol. The van der Waals surface area contributed by atoms with Crippen molar-refractivity contribution >= 4 is 21.9 Å². The number of rotatable bonds is 3. The highest BCUT2D eigenvalue weighted by molar-refractivity contribution is 7.92. The minimum absolute atomic E-state index is 0.475. The van der Waals surface area contributed by atoms with Gasteiger partial charge in [-0.3, -0.25) is 4.72 Å². The van der Waals surface area contributed by atoms with E-state index in [1.807, 2.05) is 0 Å². The summed E-state index contributed by atoms with van der Waals surface area (Å²) in [5.74, 6) is 0. The number of hydrogen-bond donors (Lipinski definition) is 2. The van der Waals surface area contributed by atoms with Gasteiger partial charge in [-0.15, -0.1) is 0 Å². The Morgan fingerprint density at radius 3 is 2.69 bits per heavy atom. The zero-order valence-corrected chi connectivity index (χ0v) is 7.93. The monoisotopic (exact) mass is 198 g/mol. The highest BCUT2D eigenvalue weighted by atomic mass is 32.2. The summed E-state index contributed by atoms with van der Waals surface area (Å²) >= 11 is 0. The molecule has 1 aromatic rings. The van der Waals surface area contributed by atoms with Crippen LogP contribution in [0.4, 0.5) is 5.69 Å². The van der Waals surface area contributed by atoms with Gasteiger partial charge in [0.2, 0.25) is 10.0 Å². The molecule has 0 saturated heterocycles. The Kier molecular flexibility index (Phi) is 2.67. The van der Waals surface area contributed by atoms with Crippen LogP contribution in [0.3, 0.4) is 0 Å². The second-order valence-corrected chi connectivity index (χ2v) is 4.39. The topological polar surface area (TPSA) is 70.0 Å². The van der Waals surface area contributed by atoms with Gasteiger partial charge in [0.25, 0.3) is 0 Å². The van der Waals surface area contributed by atoms with Crippen molar-refractivity contribution in [1.29, 1.82) is 5.41 Å². The second-order valence-electron chi connectivity index (χ2n) is 2.64. The molecule has 0 aliphatic rings. The molecule has 0 radical (unpaired) electrons. The Labute approximate surface area is 77.2 Å². The van der Waals surface area contributed by atoms with E-state index in [0.29, 0.717) is 11.3 Å². The van der Waals surface area contributed by atoms with Gasteiger partial charge in [-0.05, 0) is 17.7 Å². The van der Waals surface area contributed by atoms with Crippen molar-refractivity contribution in [2.75, 3.05) is 11.0 Å². The maximum Gasteiger partial charge on any atom is 0.229 e. The number of hydrogen-bond acceptors (Lipinski definition) is 3. The van der Waals surface area contributed by atoms with Gasteiger partial charge in [-0.1, -0.05) is 12.1 Å². The smallest absolute Gasteiger partial charge is 0.229 e. The van der Waals surface area contributed by atoms with E-state index >= 15 is 0 Å². The molecule has 0 heterocycles. The van der Waals surface area contributed by atoms with Crippen LogP contribution in [0, 0.1) is 5.41 Å². The van der Waals surface area contributed by atoms with Crippen LogP contribution >= 0.6 is 0 Å². The van der Waals surface area contributed by atoms with Gasteiger partial charge in [-0.25, -0.2) is 8.42 Å². The predicted octanol–water partition coefficient (Wildman–Crippen LogP) is 1.06. The first-order chi connectivity index (χ1) is 6.01. The first kappa shape index (κ1) is 9.73. The van der Waals surface area contributed by atoms with Crippen molar-refractivity contribution in [3.05, 3.63) is 29.8 Å². The zero-order chi connectivity index (χ0) is 9.90. The summed E-state index contributed by atoms with van der Waals surface area (Å²) < 4.78 is 24.0. The van der Waals surface area contributed by atoms with Crippen LogP contribution in [-0.4, -0.2) is 20.9 Å². The molecule has 0 bridgehead atoms. The molecule has 0 atom stereocenters. The van der Waals surface area contributed by atoms with E-state index in [9.17, 15) is 8.42 Å². The maximum absolute atomic E-state index is 10.8. The molecule has 0 saturated carbocycles. The van der Waals surface area contributed by atoms with E-state index in [0.717, 1.165) is 12.5 Å². The largest absolute Gasteiger partial charge is 0.308 e. The minimum atomic E-state index is -3.23. The molecule has 0 aliphatic carbocycles. The van der Waals surface area contributed by atoms with Crippen molar-refractivity contribution in [3.8, 4) is 0 Å². The Bertz CT molecular complexity index is 412. The van der Waals surface area contributed by atoms with Crippen LogP contribution in [0.15, 0.2) is 24.3 Å². The molecule has 0 amide bonds. The van der Waals surface area contributed by atoms with Crippen LogP contribution in [0.2, 0.25) is 0 Å². The van der Waals surface area contributed by atoms with Crippen LogP contribution in [0.1, 0.15) is 5.56 Å². The molecule has 0 fully saturated rings. The van der Waals surface area contributed by atoms with Gasteiger partial charge < -0.3 is 5.41 Å². The molecule has 0 unspecified atom stereocenters. The summed E-state index contributed by atoms with van der Waals surface area (Å²) in [7, 11) is -3.23. The Morgan fingerprint density at radius 2 is 2.15 bits per heavy atom. The lowest BCUT2D eigenvalue weighted by atomic mass is 10.2. The molecule has 1 rings (SSSR count). The van der Waals surface area contributed by atoms with Gasteiger partial charge in [0, 0.05) is 11.9 Å². The summed E-state index contributed by atoms with van der Waals surface area (Å²) in [5, 5.41) is 6.97. The standard InChI is InChI=1S/C8H10N2O2S/c1-13(11,12)10-8-4-2-3-7(5-8)6-9/h2-6,9-10H,1H3. The van der Waals surface area contributed by atoms with Crippen LogP contribution in [0.25, 0.3) is 0 Å². The van der Waals surface area contributed by atoms with Gasteiger partial charge in [-0.2, -0.15) is 0 Å². The minimum Gasteiger partial charge on any atom is -0.308 e. The maximum atomic E-state index is 10.8. The van der Waals surface area contributed by atoms with Crippen LogP contribution in [0.5, 0.6) is 0 Å². The SMILES string of the molecule is CS(=O)(=O)Nc1cccc(C=N)c1. The van der Waals surface area contributed by atoms with Gasteiger partial charge in [0.05, 0.1) is 6.26 Å². The van der Waals surface area contributed by atoms with Gasteiger partial charge in [0.15, 0.2) is 0 Å². The van der Waals surface area contributed by atoms with E-state index in [2.05, 4.69) is 4.72 Å². The average Bonchev–Trinajstić information content (AvgIpc) is 2.01. The van der Waals surface area contributed by atoms with E-state index in [1.54, 1.807) is 24.3 Å². The fourth-order valence-corrected chi connectivity index (χ4v) is 1.46. The number of anilines is 1. The molecule has 2 N–H and O–H groups in total. The van der Waals surface area contributed by atoms with Crippen molar-refractivity contribution < 1.29 is 8.42 Å². The number of nitrogens with one attached hydrogen (secondary N) is 2. The Balaban J connectivity index is 2.96. The lowest BCUT2D eigenvalue weighted by Crippen LogP contribution is -2.09. The summed E-state index contributed by atoms with van der Waals surface area (Å²) in [6, 6.07) is 6.64. The lowest BCUT2D eigenvalue weighted by molar-refractivity contribution is 0.607. The molecule has 0 aromatic heterocycles. The van der Waals surface area contributed by atoms with Crippen LogP contribution in [-0.2, 0) is 10.0 Å². The Hall–Kier alpha value is -1.36. The van der Waals surface area contributed by atoms with E-state index in [1.165, 1.54) is 0 Å². The highest BCUT2D eigenvalue weighted by Crippen LogP contribution is 2.09. The zero-order valence-electron chi connectivity index (χ0n) is 7.11. The van der Waals surface area contributed by atoms with Gasteiger partial charge >= 0.3 is 0 Å². The predicted molar refractivity (Wildman–Crippen MR) is 52.8 cm³/mol. The average molecular weight is 198 g/mol. The molecule has 70 valence electrons. The quantitative estimate of drug-likeness (QED) is 0.713. The normalized spacial score (nSPS) is 10.8. The van der Waals surface area contributed by atoms with Gasteiger partial charge in [0.1, 0.15) is 0 Å². The Morgan fingerprint density at radius 1 is 1.46 bits per heavy atom. The van der Waals surface area contributed by atoms with Crippen molar-refractivity contribution in [3.63, 3.8) is 0 Å². The molecule has 5 heteroatoms. The molecule has 1 aromatic carbocycles. The molecule has 4 nitrogen and oxygen atoms in total. The van der Waals surface area contributed by atoms with Crippen molar-refractivity contribution in [2.24, 2.45) is 0 Å². The molecule has 0 spiro atoms. The van der Waals surface area contributed by atoms with Crippen molar-refractivity contribution in [1.82, 2.24) is 0 Å². The summed E-state index contributed by atoms with van der Waals surface area (Å²) in [6.07, 6.45) is 2.25. The molecular formula is C8H10N2O2S. The third-order valence-corrected chi connectivity index (χ3v) is 1.96. The van der Waals surface area contributed by atoms with Crippen molar-refractivity contribution in [2.45, 2.75) is 0 Å². The summed E-state index contributed by atoms with van der Waals surface area (Å²) in [5.41, 5.74) is 1.14. The third-order valence-electron chi connectivity index (χ3n) is 1.36. The molecule has 0 aliphatic heterocycles. The molecule has 13 heavy (non-hydrogen) atoms. The number of benzene rings is 1. The first-order valence-corrected chi connectivity index (χ1v) is 5.49.